The van der Waals surface area contributed by atoms with E-state index >= 15 is 0 Å². The minimum Gasteiger partial charge on any atom is -0.396 e. The van der Waals surface area contributed by atoms with E-state index in [-0.39, 0.29) is 25.0 Å². The van der Waals surface area contributed by atoms with Crippen molar-refractivity contribution < 1.29 is 19.8 Å². The molecule has 2 amide bonds. The molecule has 2 N–H and O–H groups in total. The Kier molecular flexibility index (Phi) is 5.91. The number of benzene rings is 3. The van der Waals surface area contributed by atoms with Crippen LogP contribution in [-0.2, 0) is 9.59 Å². The van der Waals surface area contributed by atoms with Crippen molar-refractivity contribution in [3.63, 3.8) is 0 Å². The number of anilines is 1. The SMILES string of the molecule is O=C1C(SCCO)=C(SCCO)C(=O)N1c1ccc2cc3ccccc3cc2c1. The number of hydrogen-bond acceptors (Lipinski definition) is 6. The van der Waals surface area contributed by atoms with Gasteiger partial charge in [0, 0.05) is 11.5 Å². The summed E-state index contributed by atoms with van der Waals surface area (Å²) >= 11 is 2.35. The minimum absolute atomic E-state index is 0.0867. The summed E-state index contributed by atoms with van der Waals surface area (Å²) in [6.45, 7) is -0.173. The van der Waals surface area contributed by atoms with Crippen LogP contribution in [-0.4, -0.2) is 46.7 Å². The van der Waals surface area contributed by atoms with Crippen molar-refractivity contribution in [2.45, 2.75) is 0 Å². The number of rotatable bonds is 7. The maximum absolute atomic E-state index is 13.0. The average molecular weight is 426 g/mol. The molecule has 29 heavy (non-hydrogen) atoms. The third kappa shape index (κ3) is 3.79. The zero-order valence-electron chi connectivity index (χ0n) is 15.5. The molecule has 1 aliphatic heterocycles. The Hall–Kier alpha value is -2.32. The smallest absolute Gasteiger partial charge is 0.273 e. The topological polar surface area (TPSA) is 77.8 Å². The number of carbonyl (C=O) groups is 2. The van der Waals surface area contributed by atoms with Crippen LogP contribution in [0.4, 0.5) is 5.69 Å². The molecule has 5 nitrogen and oxygen atoms in total. The van der Waals surface area contributed by atoms with Crippen LogP contribution >= 0.6 is 23.5 Å². The molecule has 0 unspecified atom stereocenters. The number of carbonyl (C=O) groups excluding carboxylic acids is 2. The first-order chi connectivity index (χ1) is 14.1. The van der Waals surface area contributed by atoms with Gasteiger partial charge in [0.15, 0.2) is 0 Å². The molecule has 4 rings (SSSR count). The predicted octanol–water partition coefficient (Wildman–Crippen LogP) is 3.53. The summed E-state index contributed by atoms with van der Waals surface area (Å²) in [6, 6.07) is 17.7. The van der Waals surface area contributed by atoms with Gasteiger partial charge in [-0.05, 0) is 45.8 Å². The molecule has 0 aliphatic carbocycles. The van der Waals surface area contributed by atoms with E-state index in [1.165, 1.54) is 28.4 Å². The Morgan fingerprint density at radius 2 is 1.21 bits per heavy atom. The van der Waals surface area contributed by atoms with E-state index < -0.39 is 0 Å². The van der Waals surface area contributed by atoms with Crippen LogP contribution in [0.2, 0.25) is 0 Å². The zero-order valence-corrected chi connectivity index (χ0v) is 17.1. The summed E-state index contributed by atoms with van der Waals surface area (Å²) in [6.07, 6.45) is 0. The van der Waals surface area contributed by atoms with Crippen molar-refractivity contribution in [2.24, 2.45) is 0 Å². The lowest BCUT2D eigenvalue weighted by molar-refractivity contribution is -0.120. The lowest BCUT2D eigenvalue weighted by Gasteiger charge is -2.16. The summed E-state index contributed by atoms with van der Waals surface area (Å²) in [4.78, 5) is 27.9. The van der Waals surface area contributed by atoms with Gasteiger partial charge >= 0.3 is 0 Å². The van der Waals surface area contributed by atoms with E-state index in [2.05, 4.69) is 18.2 Å². The molecule has 0 atom stereocenters. The first kappa shape index (κ1) is 20.0. The molecular formula is C22H19NO4S2. The van der Waals surface area contributed by atoms with Gasteiger partial charge in [0.2, 0.25) is 0 Å². The molecule has 148 valence electrons. The van der Waals surface area contributed by atoms with Crippen molar-refractivity contribution in [1.29, 1.82) is 0 Å². The highest BCUT2D eigenvalue weighted by atomic mass is 32.2. The third-order valence-corrected chi connectivity index (χ3v) is 6.86. The fourth-order valence-electron chi connectivity index (χ4n) is 3.34. The summed E-state index contributed by atoms with van der Waals surface area (Å²) in [7, 11) is 0. The van der Waals surface area contributed by atoms with Gasteiger partial charge in [-0.25, -0.2) is 4.90 Å². The summed E-state index contributed by atoms with van der Waals surface area (Å²) in [5, 5.41) is 22.5. The van der Waals surface area contributed by atoms with E-state index in [0.29, 0.717) is 27.0 Å². The van der Waals surface area contributed by atoms with Crippen molar-refractivity contribution in [3.05, 3.63) is 64.4 Å². The third-order valence-electron chi connectivity index (χ3n) is 4.62. The van der Waals surface area contributed by atoms with Gasteiger partial charge in [-0.3, -0.25) is 9.59 Å². The molecule has 0 fully saturated rings. The Bertz CT molecular complexity index is 1110. The van der Waals surface area contributed by atoms with Crippen LogP contribution in [0.25, 0.3) is 21.5 Å². The summed E-state index contributed by atoms with van der Waals surface area (Å²) < 4.78 is 0. The molecule has 0 aromatic heterocycles. The Labute approximate surface area is 176 Å². The van der Waals surface area contributed by atoms with E-state index in [0.717, 1.165) is 21.5 Å². The van der Waals surface area contributed by atoms with Gasteiger partial charge in [0.05, 0.1) is 28.7 Å². The summed E-state index contributed by atoms with van der Waals surface area (Å²) in [5.41, 5.74) is 0.518. The monoisotopic (exact) mass is 425 g/mol. The maximum atomic E-state index is 13.0. The van der Waals surface area contributed by atoms with Crippen LogP contribution in [0.5, 0.6) is 0 Å². The quantitative estimate of drug-likeness (QED) is 0.445. The largest absolute Gasteiger partial charge is 0.396 e. The van der Waals surface area contributed by atoms with E-state index in [9.17, 15) is 9.59 Å². The lowest BCUT2D eigenvalue weighted by Crippen LogP contribution is -2.31. The number of imide groups is 1. The molecule has 3 aromatic carbocycles. The van der Waals surface area contributed by atoms with Crippen LogP contribution in [0.1, 0.15) is 0 Å². The molecule has 0 spiro atoms. The van der Waals surface area contributed by atoms with Crippen molar-refractivity contribution in [1.82, 2.24) is 0 Å². The van der Waals surface area contributed by atoms with E-state index in [4.69, 9.17) is 10.2 Å². The number of thioether (sulfide) groups is 2. The first-order valence-corrected chi connectivity index (χ1v) is 11.1. The first-order valence-electron chi connectivity index (χ1n) is 9.17. The van der Waals surface area contributed by atoms with Gasteiger partial charge < -0.3 is 10.2 Å². The molecule has 0 saturated carbocycles. The molecular weight excluding hydrogens is 406 g/mol. The van der Waals surface area contributed by atoms with Gasteiger partial charge in [-0.1, -0.05) is 30.3 Å². The average Bonchev–Trinajstić information content (AvgIpc) is 2.97. The molecule has 0 bridgehead atoms. The number of hydrogen-bond donors (Lipinski definition) is 2. The normalized spacial score (nSPS) is 14.6. The number of amides is 2. The van der Waals surface area contributed by atoms with Crippen LogP contribution in [0.3, 0.4) is 0 Å². The molecule has 7 heteroatoms. The highest BCUT2D eigenvalue weighted by molar-refractivity contribution is 8.08. The van der Waals surface area contributed by atoms with Crippen molar-refractivity contribution in [2.75, 3.05) is 29.6 Å². The molecule has 1 aliphatic rings. The predicted molar refractivity (Wildman–Crippen MR) is 120 cm³/mol. The second kappa shape index (κ2) is 8.59. The lowest BCUT2D eigenvalue weighted by atomic mass is 10.0. The molecule has 0 radical (unpaired) electrons. The van der Waals surface area contributed by atoms with E-state index in [1.54, 1.807) is 6.07 Å². The van der Waals surface area contributed by atoms with Crippen LogP contribution in [0, 0.1) is 0 Å². The number of nitrogens with zero attached hydrogens (tertiary/aromatic N) is 1. The highest BCUT2D eigenvalue weighted by Crippen LogP contribution is 2.39. The number of aliphatic hydroxyl groups excluding tert-OH is 2. The maximum Gasteiger partial charge on any atom is 0.273 e. The fraction of sp³-hybridized carbons (Fsp3) is 0.182. The van der Waals surface area contributed by atoms with Gasteiger partial charge in [0.25, 0.3) is 11.8 Å². The molecule has 0 saturated heterocycles. The second-order valence-corrected chi connectivity index (χ2v) is 8.69. The standard InChI is InChI=1S/C22H19NO4S2/c24-7-9-28-19-20(29-10-8-25)22(27)23(21(19)26)18-6-5-16-11-14-3-1-2-4-15(14)12-17(16)13-18/h1-6,11-13,24-25H,7-10H2. The molecule has 1 heterocycles. The number of aliphatic hydroxyl groups is 2. The second-order valence-electron chi connectivity index (χ2n) is 6.48. The van der Waals surface area contributed by atoms with Crippen molar-refractivity contribution >= 4 is 62.6 Å². The number of fused-ring (bicyclic) bond motifs is 2. The van der Waals surface area contributed by atoms with Crippen molar-refractivity contribution in [3.8, 4) is 0 Å². The fourth-order valence-corrected chi connectivity index (χ4v) is 5.15. The minimum atomic E-state index is -0.381. The van der Waals surface area contributed by atoms with Gasteiger partial charge in [-0.2, -0.15) is 0 Å². The van der Waals surface area contributed by atoms with Gasteiger partial charge in [0.1, 0.15) is 0 Å². The Morgan fingerprint density at radius 3 is 1.76 bits per heavy atom. The Balaban J connectivity index is 1.73. The molecule has 3 aromatic rings. The Morgan fingerprint density at radius 1 is 0.690 bits per heavy atom. The van der Waals surface area contributed by atoms with Crippen LogP contribution < -0.4 is 4.90 Å². The zero-order chi connectivity index (χ0) is 20.4. The van der Waals surface area contributed by atoms with Crippen LogP contribution in [0.15, 0.2) is 64.4 Å². The highest BCUT2D eigenvalue weighted by Gasteiger charge is 2.39. The van der Waals surface area contributed by atoms with Gasteiger partial charge in [-0.15, -0.1) is 23.5 Å². The van der Waals surface area contributed by atoms with E-state index in [1.807, 2.05) is 30.3 Å². The summed E-state index contributed by atoms with van der Waals surface area (Å²) in [5.74, 6) is -0.104.